The lowest BCUT2D eigenvalue weighted by Gasteiger charge is -2.17. The summed E-state index contributed by atoms with van der Waals surface area (Å²) in [5.41, 5.74) is 7.67. The maximum Gasteiger partial charge on any atom is 0.239 e. The molecule has 10 heteroatoms. The molecule has 0 saturated carbocycles. The molecular formula is C27H24FN7O2. The van der Waals surface area contributed by atoms with Crippen molar-refractivity contribution in [3.63, 3.8) is 0 Å². The number of amides is 1. The van der Waals surface area contributed by atoms with Crippen molar-refractivity contribution >= 4 is 23.4 Å². The van der Waals surface area contributed by atoms with Crippen LogP contribution in [0.25, 0.3) is 11.3 Å². The standard InChI is InChI=1S/C27H24FN7O2/c1-2-22(24(30)36)33-27-34-25(20(15-29)26(35-27)37-16-17-8-4-3-5-9-17)32-19-11-6-10-18(14-19)23-21(28)12-7-13-31-23/h3-14,22H,2,16H2,1H3,(H2,30,36)(H2,32,33,34,35)/t22-/m1/s1. The monoisotopic (exact) mass is 497 g/mol. The van der Waals surface area contributed by atoms with Crippen LogP contribution in [0, 0.1) is 17.1 Å². The Kier molecular flexibility index (Phi) is 7.85. The Morgan fingerprint density at radius 3 is 2.65 bits per heavy atom. The fraction of sp³-hybridized carbons (Fsp3) is 0.148. The second-order valence-electron chi connectivity index (χ2n) is 8.01. The molecule has 0 saturated heterocycles. The Bertz CT molecular complexity index is 1440. The molecule has 2 heterocycles. The van der Waals surface area contributed by atoms with Crippen LogP contribution in [0.4, 0.5) is 21.8 Å². The van der Waals surface area contributed by atoms with Crippen LogP contribution in [0.15, 0.2) is 72.9 Å². The minimum absolute atomic E-state index is 0.0256. The largest absolute Gasteiger partial charge is 0.472 e. The first kappa shape index (κ1) is 25.1. The number of halogens is 1. The fourth-order valence-electron chi connectivity index (χ4n) is 3.54. The number of carbonyl (C=O) groups is 1. The van der Waals surface area contributed by atoms with Crippen molar-refractivity contribution in [2.75, 3.05) is 10.6 Å². The van der Waals surface area contributed by atoms with Gasteiger partial charge in [0.05, 0.1) is 0 Å². The summed E-state index contributed by atoms with van der Waals surface area (Å²) < 4.78 is 20.2. The highest BCUT2D eigenvalue weighted by Crippen LogP contribution is 2.30. The molecule has 0 bridgehead atoms. The molecule has 1 amide bonds. The molecule has 0 fully saturated rings. The molecule has 1 atom stereocenters. The van der Waals surface area contributed by atoms with Crippen molar-refractivity contribution in [3.05, 3.63) is 89.9 Å². The quantitative estimate of drug-likeness (QED) is 0.290. The van der Waals surface area contributed by atoms with Crippen LogP contribution in [-0.4, -0.2) is 26.9 Å². The van der Waals surface area contributed by atoms with E-state index < -0.39 is 17.8 Å². The normalized spacial score (nSPS) is 11.3. The summed E-state index contributed by atoms with van der Waals surface area (Å²) in [5, 5.41) is 15.9. The number of anilines is 3. The van der Waals surface area contributed by atoms with E-state index in [0.717, 1.165) is 5.56 Å². The predicted octanol–water partition coefficient (Wildman–Crippen LogP) is 4.55. The number of nitrogens with two attached hydrogens (primary N) is 1. The number of hydrogen-bond acceptors (Lipinski definition) is 8. The van der Waals surface area contributed by atoms with Gasteiger partial charge in [0.15, 0.2) is 11.4 Å². The first-order valence-corrected chi connectivity index (χ1v) is 11.5. The van der Waals surface area contributed by atoms with Crippen LogP contribution in [0.3, 0.4) is 0 Å². The summed E-state index contributed by atoms with van der Waals surface area (Å²) in [6.07, 6.45) is 1.91. The van der Waals surface area contributed by atoms with Gasteiger partial charge in [-0.3, -0.25) is 9.78 Å². The van der Waals surface area contributed by atoms with Crippen LogP contribution in [0.5, 0.6) is 5.88 Å². The average molecular weight is 498 g/mol. The maximum absolute atomic E-state index is 14.3. The highest BCUT2D eigenvalue weighted by Gasteiger charge is 2.20. The maximum atomic E-state index is 14.3. The van der Waals surface area contributed by atoms with Gasteiger partial charge in [-0.05, 0) is 36.2 Å². The van der Waals surface area contributed by atoms with Crippen LogP contribution >= 0.6 is 0 Å². The number of pyridine rings is 1. The molecule has 37 heavy (non-hydrogen) atoms. The molecule has 4 aromatic rings. The van der Waals surface area contributed by atoms with E-state index >= 15 is 0 Å². The van der Waals surface area contributed by atoms with Crippen LogP contribution in [-0.2, 0) is 11.4 Å². The second-order valence-corrected chi connectivity index (χ2v) is 8.01. The van der Waals surface area contributed by atoms with Crippen molar-refractivity contribution in [1.29, 1.82) is 5.26 Å². The highest BCUT2D eigenvalue weighted by molar-refractivity contribution is 5.82. The van der Waals surface area contributed by atoms with Gasteiger partial charge >= 0.3 is 0 Å². The summed E-state index contributed by atoms with van der Waals surface area (Å²) in [6, 6.07) is 20.5. The zero-order chi connectivity index (χ0) is 26.2. The SMILES string of the molecule is CC[C@@H](Nc1nc(Nc2cccc(-c3ncccc3F)c2)c(C#N)c(OCc2ccccc2)n1)C(N)=O. The Hall–Kier alpha value is -5.04. The van der Waals surface area contributed by atoms with E-state index in [9.17, 15) is 14.4 Å². The Morgan fingerprint density at radius 2 is 1.95 bits per heavy atom. The lowest BCUT2D eigenvalue weighted by Crippen LogP contribution is -2.35. The number of primary amides is 1. The second kappa shape index (κ2) is 11.6. The third kappa shape index (κ3) is 6.15. The molecule has 2 aromatic heterocycles. The van der Waals surface area contributed by atoms with E-state index in [1.165, 1.54) is 18.3 Å². The van der Waals surface area contributed by atoms with E-state index in [0.29, 0.717) is 17.7 Å². The first-order valence-electron chi connectivity index (χ1n) is 11.5. The van der Waals surface area contributed by atoms with E-state index in [4.69, 9.17) is 10.5 Å². The third-order valence-electron chi connectivity index (χ3n) is 5.42. The van der Waals surface area contributed by atoms with Gasteiger partial charge < -0.3 is 21.1 Å². The lowest BCUT2D eigenvalue weighted by molar-refractivity contribution is -0.118. The lowest BCUT2D eigenvalue weighted by atomic mass is 10.1. The van der Waals surface area contributed by atoms with Gasteiger partial charge in [0, 0.05) is 17.4 Å². The van der Waals surface area contributed by atoms with Gasteiger partial charge in [-0.25, -0.2) is 4.39 Å². The highest BCUT2D eigenvalue weighted by atomic mass is 19.1. The number of nitrogens with one attached hydrogen (secondary N) is 2. The zero-order valence-corrected chi connectivity index (χ0v) is 20.0. The molecule has 0 aliphatic carbocycles. The fourth-order valence-corrected chi connectivity index (χ4v) is 3.54. The molecule has 0 aliphatic heterocycles. The molecule has 186 valence electrons. The van der Waals surface area contributed by atoms with Crippen LogP contribution in [0.1, 0.15) is 24.5 Å². The summed E-state index contributed by atoms with van der Waals surface area (Å²) >= 11 is 0. The first-order chi connectivity index (χ1) is 18.0. The minimum atomic E-state index is -0.724. The molecule has 0 unspecified atom stereocenters. The average Bonchev–Trinajstić information content (AvgIpc) is 2.91. The zero-order valence-electron chi connectivity index (χ0n) is 20.0. The number of aromatic nitrogens is 3. The molecule has 9 nitrogen and oxygen atoms in total. The molecule has 0 spiro atoms. The number of carbonyl (C=O) groups excluding carboxylic acids is 1. The van der Waals surface area contributed by atoms with Crippen LogP contribution < -0.4 is 21.1 Å². The molecular weight excluding hydrogens is 473 g/mol. The molecule has 0 aliphatic rings. The van der Waals surface area contributed by atoms with Crippen molar-refractivity contribution < 1.29 is 13.9 Å². The Labute approximate surface area is 213 Å². The minimum Gasteiger partial charge on any atom is -0.472 e. The van der Waals surface area contributed by atoms with Gasteiger partial charge in [-0.2, -0.15) is 15.2 Å². The molecule has 2 aromatic carbocycles. The third-order valence-corrected chi connectivity index (χ3v) is 5.42. The number of hydrogen-bond donors (Lipinski definition) is 3. The topological polar surface area (TPSA) is 139 Å². The summed E-state index contributed by atoms with van der Waals surface area (Å²) in [4.78, 5) is 24.7. The molecule has 4 rings (SSSR count). The summed E-state index contributed by atoms with van der Waals surface area (Å²) in [7, 11) is 0. The number of nitriles is 1. The molecule has 4 N–H and O–H groups in total. The molecule has 0 radical (unpaired) electrons. The predicted molar refractivity (Wildman–Crippen MR) is 137 cm³/mol. The number of rotatable bonds is 10. The van der Waals surface area contributed by atoms with Gasteiger partial charge in [0.1, 0.15) is 30.2 Å². The smallest absolute Gasteiger partial charge is 0.239 e. The van der Waals surface area contributed by atoms with E-state index in [2.05, 4.69) is 31.7 Å². The van der Waals surface area contributed by atoms with Crippen LogP contribution in [0.2, 0.25) is 0 Å². The van der Waals surface area contributed by atoms with Crippen molar-refractivity contribution in [2.24, 2.45) is 5.73 Å². The number of ether oxygens (including phenoxy) is 1. The van der Waals surface area contributed by atoms with Crippen molar-refractivity contribution in [2.45, 2.75) is 26.0 Å². The van der Waals surface area contributed by atoms with Gasteiger partial charge in [0.2, 0.25) is 17.7 Å². The van der Waals surface area contributed by atoms with E-state index in [-0.39, 0.29) is 35.5 Å². The van der Waals surface area contributed by atoms with Crippen molar-refractivity contribution in [1.82, 2.24) is 15.0 Å². The number of nitrogens with zero attached hydrogens (tertiary/aromatic N) is 4. The summed E-state index contributed by atoms with van der Waals surface area (Å²) in [5.74, 6) is -0.804. The van der Waals surface area contributed by atoms with Gasteiger partial charge in [-0.1, -0.05) is 49.4 Å². The Morgan fingerprint density at radius 1 is 1.14 bits per heavy atom. The van der Waals surface area contributed by atoms with E-state index in [1.807, 2.05) is 30.3 Å². The Balaban J connectivity index is 1.71. The number of benzene rings is 2. The summed E-state index contributed by atoms with van der Waals surface area (Å²) in [6.45, 7) is 1.95. The van der Waals surface area contributed by atoms with E-state index in [1.54, 1.807) is 31.2 Å². The van der Waals surface area contributed by atoms with Gasteiger partial charge in [0.25, 0.3) is 0 Å². The van der Waals surface area contributed by atoms with Crippen molar-refractivity contribution in [3.8, 4) is 23.2 Å². The van der Waals surface area contributed by atoms with Gasteiger partial charge in [-0.15, -0.1) is 0 Å².